The summed E-state index contributed by atoms with van der Waals surface area (Å²) in [6, 6.07) is 6.24. The Bertz CT molecular complexity index is 589. The highest BCUT2D eigenvalue weighted by Crippen LogP contribution is 2.29. The van der Waals surface area contributed by atoms with Crippen molar-refractivity contribution in [1.82, 2.24) is 10.2 Å². The first-order chi connectivity index (χ1) is 11.1. The first-order valence-electron chi connectivity index (χ1n) is 8.19. The molecule has 2 amide bonds. The second kappa shape index (κ2) is 7.08. The summed E-state index contributed by atoms with van der Waals surface area (Å²) in [5.74, 6) is -0.319. The molecule has 1 saturated carbocycles. The van der Waals surface area contributed by atoms with E-state index in [9.17, 15) is 14.0 Å². The normalized spacial score (nSPS) is 21.7. The van der Waals surface area contributed by atoms with E-state index < -0.39 is 5.82 Å². The van der Waals surface area contributed by atoms with Crippen LogP contribution in [-0.4, -0.2) is 42.4 Å². The number of para-hydroxylation sites is 1. The van der Waals surface area contributed by atoms with Crippen LogP contribution in [0.2, 0.25) is 0 Å². The number of piperidine rings is 1. The van der Waals surface area contributed by atoms with E-state index in [4.69, 9.17) is 0 Å². The molecule has 2 N–H and O–H groups in total. The summed E-state index contributed by atoms with van der Waals surface area (Å²) in [6.07, 6.45) is 3.88. The fourth-order valence-electron chi connectivity index (χ4n) is 2.94. The second-order valence-corrected chi connectivity index (χ2v) is 6.39. The van der Waals surface area contributed by atoms with Crippen LogP contribution in [-0.2, 0) is 9.59 Å². The number of halogens is 1. The van der Waals surface area contributed by atoms with Gasteiger partial charge in [-0.1, -0.05) is 12.1 Å². The molecule has 1 aromatic rings. The summed E-state index contributed by atoms with van der Waals surface area (Å²) in [6.45, 7) is 1.70. The van der Waals surface area contributed by atoms with Gasteiger partial charge in [-0.05, 0) is 44.4 Å². The SMILES string of the molecule is O=C(CN1CCCC(NC(=O)C2CC2)C1)Nc1ccccc1F. The summed E-state index contributed by atoms with van der Waals surface area (Å²) >= 11 is 0. The lowest BCUT2D eigenvalue weighted by atomic mass is 10.1. The predicted octanol–water partition coefficient (Wildman–Crippen LogP) is 1.75. The molecule has 0 radical (unpaired) electrons. The van der Waals surface area contributed by atoms with Crippen LogP contribution < -0.4 is 10.6 Å². The molecule has 0 bridgehead atoms. The van der Waals surface area contributed by atoms with Gasteiger partial charge in [-0.2, -0.15) is 0 Å². The molecule has 5 nitrogen and oxygen atoms in total. The minimum atomic E-state index is -0.436. The average molecular weight is 319 g/mol. The largest absolute Gasteiger partial charge is 0.352 e. The van der Waals surface area contributed by atoms with Gasteiger partial charge in [0.05, 0.1) is 12.2 Å². The molecule has 1 unspecified atom stereocenters. The van der Waals surface area contributed by atoms with E-state index in [-0.39, 0.29) is 36.0 Å². The maximum absolute atomic E-state index is 13.5. The van der Waals surface area contributed by atoms with Gasteiger partial charge in [0.25, 0.3) is 0 Å². The van der Waals surface area contributed by atoms with Crippen LogP contribution in [0.5, 0.6) is 0 Å². The Hall–Kier alpha value is -1.95. The zero-order chi connectivity index (χ0) is 16.2. The Kier molecular flexibility index (Phi) is 4.91. The van der Waals surface area contributed by atoms with Gasteiger partial charge in [0.1, 0.15) is 5.82 Å². The number of hydrogen-bond acceptors (Lipinski definition) is 3. The van der Waals surface area contributed by atoms with Crippen LogP contribution in [0, 0.1) is 11.7 Å². The number of benzene rings is 1. The molecule has 0 aromatic heterocycles. The Morgan fingerprint density at radius 3 is 2.74 bits per heavy atom. The number of nitrogens with one attached hydrogen (secondary N) is 2. The summed E-state index contributed by atoms with van der Waals surface area (Å²) in [5, 5.41) is 5.67. The molecule has 1 atom stereocenters. The number of carbonyl (C=O) groups excluding carboxylic acids is 2. The fourth-order valence-corrected chi connectivity index (χ4v) is 2.94. The molecule has 2 fully saturated rings. The Labute approximate surface area is 135 Å². The first kappa shape index (κ1) is 15.9. The maximum atomic E-state index is 13.5. The third kappa shape index (κ3) is 4.51. The summed E-state index contributed by atoms with van der Waals surface area (Å²) in [4.78, 5) is 25.9. The Morgan fingerprint density at radius 2 is 2.00 bits per heavy atom. The van der Waals surface area contributed by atoms with E-state index in [2.05, 4.69) is 10.6 Å². The van der Waals surface area contributed by atoms with Crippen molar-refractivity contribution in [2.75, 3.05) is 25.0 Å². The van der Waals surface area contributed by atoms with Crippen molar-refractivity contribution in [1.29, 1.82) is 0 Å². The van der Waals surface area contributed by atoms with E-state index in [1.165, 1.54) is 6.07 Å². The van der Waals surface area contributed by atoms with E-state index in [1.54, 1.807) is 18.2 Å². The van der Waals surface area contributed by atoms with Crippen LogP contribution in [0.25, 0.3) is 0 Å². The van der Waals surface area contributed by atoms with Gasteiger partial charge in [0.15, 0.2) is 0 Å². The molecule has 23 heavy (non-hydrogen) atoms. The lowest BCUT2D eigenvalue weighted by molar-refractivity contribution is -0.123. The number of nitrogens with zero attached hydrogens (tertiary/aromatic N) is 1. The van der Waals surface area contributed by atoms with Gasteiger partial charge in [-0.15, -0.1) is 0 Å². The summed E-state index contributed by atoms with van der Waals surface area (Å²) in [7, 11) is 0. The van der Waals surface area contributed by atoms with Crippen LogP contribution >= 0.6 is 0 Å². The van der Waals surface area contributed by atoms with Crippen molar-refractivity contribution < 1.29 is 14.0 Å². The topological polar surface area (TPSA) is 61.4 Å². The molecule has 2 aliphatic rings. The lowest BCUT2D eigenvalue weighted by Crippen LogP contribution is -2.49. The number of anilines is 1. The number of hydrogen-bond donors (Lipinski definition) is 2. The smallest absolute Gasteiger partial charge is 0.238 e. The Morgan fingerprint density at radius 1 is 1.22 bits per heavy atom. The molecule has 1 aliphatic heterocycles. The van der Waals surface area contributed by atoms with Crippen molar-refractivity contribution in [2.45, 2.75) is 31.7 Å². The number of amides is 2. The minimum absolute atomic E-state index is 0.109. The molecule has 1 heterocycles. The highest BCUT2D eigenvalue weighted by Gasteiger charge is 2.32. The van der Waals surface area contributed by atoms with Crippen molar-refractivity contribution in [3.05, 3.63) is 30.1 Å². The highest BCUT2D eigenvalue weighted by molar-refractivity contribution is 5.92. The number of rotatable bonds is 5. The quantitative estimate of drug-likeness (QED) is 0.869. The van der Waals surface area contributed by atoms with Crippen molar-refractivity contribution >= 4 is 17.5 Å². The molecule has 1 aromatic carbocycles. The fraction of sp³-hybridized carbons (Fsp3) is 0.529. The van der Waals surface area contributed by atoms with Gasteiger partial charge in [0, 0.05) is 18.5 Å². The molecule has 1 saturated heterocycles. The molecule has 0 spiro atoms. The first-order valence-corrected chi connectivity index (χ1v) is 8.19. The highest BCUT2D eigenvalue weighted by atomic mass is 19.1. The summed E-state index contributed by atoms with van der Waals surface area (Å²) in [5.41, 5.74) is 0.202. The standard InChI is InChI=1S/C17H22FN3O2/c18-14-5-1-2-6-15(14)20-16(22)11-21-9-3-4-13(10-21)19-17(23)12-7-8-12/h1-2,5-6,12-13H,3-4,7-11H2,(H,19,23)(H,20,22). The Balaban J connectivity index is 1.48. The van der Waals surface area contributed by atoms with E-state index in [0.29, 0.717) is 6.54 Å². The van der Waals surface area contributed by atoms with Gasteiger partial charge in [-0.3, -0.25) is 14.5 Å². The molecule has 3 rings (SSSR count). The van der Waals surface area contributed by atoms with Crippen molar-refractivity contribution in [3.8, 4) is 0 Å². The lowest BCUT2D eigenvalue weighted by Gasteiger charge is -2.32. The van der Waals surface area contributed by atoms with Gasteiger partial charge < -0.3 is 10.6 Å². The molecule has 1 aliphatic carbocycles. The molecule has 124 valence electrons. The van der Waals surface area contributed by atoms with Crippen LogP contribution in [0.4, 0.5) is 10.1 Å². The van der Waals surface area contributed by atoms with E-state index in [1.807, 2.05) is 4.90 Å². The van der Waals surface area contributed by atoms with Gasteiger partial charge in [-0.25, -0.2) is 4.39 Å². The van der Waals surface area contributed by atoms with Crippen molar-refractivity contribution in [2.24, 2.45) is 5.92 Å². The second-order valence-electron chi connectivity index (χ2n) is 6.39. The average Bonchev–Trinajstić information content (AvgIpc) is 3.35. The summed E-state index contributed by atoms with van der Waals surface area (Å²) < 4.78 is 13.5. The molecular weight excluding hydrogens is 297 g/mol. The van der Waals surface area contributed by atoms with E-state index in [0.717, 1.165) is 32.2 Å². The minimum Gasteiger partial charge on any atom is -0.352 e. The third-order valence-electron chi connectivity index (χ3n) is 4.32. The third-order valence-corrected chi connectivity index (χ3v) is 4.32. The zero-order valence-electron chi connectivity index (χ0n) is 13.1. The van der Waals surface area contributed by atoms with Gasteiger partial charge >= 0.3 is 0 Å². The number of carbonyl (C=O) groups is 2. The molecule has 6 heteroatoms. The van der Waals surface area contributed by atoms with Gasteiger partial charge in [0.2, 0.25) is 11.8 Å². The number of likely N-dealkylation sites (tertiary alicyclic amines) is 1. The van der Waals surface area contributed by atoms with Crippen molar-refractivity contribution in [3.63, 3.8) is 0 Å². The van der Waals surface area contributed by atoms with E-state index >= 15 is 0 Å². The van der Waals surface area contributed by atoms with Crippen LogP contribution in [0.15, 0.2) is 24.3 Å². The van der Waals surface area contributed by atoms with Crippen LogP contribution in [0.1, 0.15) is 25.7 Å². The monoisotopic (exact) mass is 319 g/mol. The zero-order valence-corrected chi connectivity index (χ0v) is 13.1. The molecular formula is C17H22FN3O2. The maximum Gasteiger partial charge on any atom is 0.238 e. The van der Waals surface area contributed by atoms with Crippen LogP contribution in [0.3, 0.4) is 0 Å². The predicted molar refractivity (Wildman–Crippen MR) is 85.4 cm³/mol.